The van der Waals surface area contributed by atoms with Crippen molar-refractivity contribution >= 4 is 11.8 Å². The quantitative estimate of drug-likeness (QED) is 0.711. The van der Waals surface area contributed by atoms with Crippen molar-refractivity contribution in [3.63, 3.8) is 0 Å². The van der Waals surface area contributed by atoms with Crippen molar-refractivity contribution in [3.05, 3.63) is 18.2 Å². The maximum Gasteiger partial charge on any atom is 0.209 e. The van der Waals surface area contributed by atoms with Gasteiger partial charge in [-0.2, -0.15) is 0 Å². The van der Waals surface area contributed by atoms with Gasteiger partial charge in [-0.25, -0.2) is 9.67 Å². The summed E-state index contributed by atoms with van der Waals surface area (Å²) in [6.45, 7) is 1.19. The lowest BCUT2D eigenvalue weighted by Crippen LogP contribution is -2.12. The molecule has 0 amide bonds. The lowest BCUT2D eigenvalue weighted by Gasteiger charge is -2.02. The van der Waals surface area contributed by atoms with E-state index in [1.807, 2.05) is 17.8 Å². The van der Waals surface area contributed by atoms with Crippen LogP contribution in [0.15, 0.2) is 17.6 Å². The van der Waals surface area contributed by atoms with Crippen LogP contribution in [0.5, 0.6) is 0 Å². The van der Waals surface area contributed by atoms with E-state index in [4.69, 9.17) is 5.73 Å². The second kappa shape index (κ2) is 5.78. The predicted molar refractivity (Wildman–Crippen MR) is 64.5 cm³/mol. The molecule has 0 spiro atoms. The summed E-state index contributed by atoms with van der Waals surface area (Å²) in [4.78, 5) is 4.26. The van der Waals surface area contributed by atoms with Crippen LogP contribution < -0.4 is 5.73 Å². The van der Waals surface area contributed by atoms with Crippen molar-refractivity contribution in [2.45, 2.75) is 18.1 Å². The van der Waals surface area contributed by atoms with Crippen molar-refractivity contribution < 1.29 is 0 Å². The summed E-state index contributed by atoms with van der Waals surface area (Å²) < 4.78 is 3.74. The van der Waals surface area contributed by atoms with Crippen molar-refractivity contribution in [1.29, 1.82) is 0 Å². The first-order valence-corrected chi connectivity index (χ1v) is 6.35. The summed E-state index contributed by atoms with van der Waals surface area (Å²) in [5, 5.41) is 12.3. The first-order valence-electron chi connectivity index (χ1n) is 5.36. The molecule has 8 heteroatoms. The summed E-state index contributed by atoms with van der Waals surface area (Å²) in [6, 6.07) is 0. The van der Waals surface area contributed by atoms with E-state index < -0.39 is 0 Å². The maximum absolute atomic E-state index is 5.48. The second-order valence-electron chi connectivity index (χ2n) is 3.53. The summed E-state index contributed by atoms with van der Waals surface area (Å²) >= 11 is 1.62. The fraction of sp³-hybridized carbons (Fsp3) is 0.556. The van der Waals surface area contributed by atoms with Gasteiger partial charge in [0.25, 0.3) is 0 Å². The van der Waals surface area contributed by atoms with Crippen molar-refractivity contribution in [1.82, 2.24) is 29.8 Å². The summed E-state index contributed by atoms with van der Waals surface area (Å²) in [7, 11) is 1.99. The molecular formula is C9H15N7S. The molecule has 2 aromatic rings. The smallest absolute Gasteiger partial charge is 0.209 e. The molecule has 2 N–H and O–H groups in total. The van der Waals surface area contributed by atoms with Crippen LogP contribution in [0.4, 0.5) is 0 Å². The molecule has 0 aliphatic rings. The molecule has 0 fully saturated rings. The topological polar surface area (TPSA) is 87.4 Å². The Hall–Kier alpha value is -1.41. The molecule has 0 bridgehead atoms. The van der Waals surface area contributed by atoms with Crippen LogP contribution in [-0.4, -0.2) is 42.1 Å². The third kappa shape index (κ3) is 3.04. The molecule has 2 heterocycles. The van der Waals surface area contributed by atoms with Crippen LogP contribution in [-0.2, 0) is 20.0 Å². The fourth-order valence-electron chi connectivity index (χ4n) is 1.43. The number of imidazole rings is 1. The molecule has 0 aromatic carbocycles. The Morgan fingerprint density at radius 2 is 2.35 bits per heavy atom. The van der Waals surface area contributed by atoms with Gasteiger partial charge < -0.3 is 10.3 Å². The largest absolute Gasteiger partial charge is 0.338 e. The average molecular weight is 253 g/mol. The number of aromatic nitrogens is 6. The number of tetrazole rings is 1. The van der Waals surface area contributed by atoms with E-state index in [1.54, 1.807) is 22.6 Å². The Morgan fingerprint density at radius 1 is 1.47 bits per heavy atom. The molecule has 17 heavy (non-hydrogen) atoms. The highest BCUT2D eigenvalue weighted by atomic mass is 32.2. The Labute approximate surface area is 103 Å². The standard InChI is InChI=1S/C9H15N7S/c1-15-6-4-11-8(15)2-7-17-9-12-13-14-16(9)5-3-10/h4,6H,2-3,5,7,10H2,1H3. The second-order valence-corrected chi connectivity index (χ2v) is 4.59. The molecule has 92 valence electrons. The molecular weight excluding hydrogens is 238 g/mol. The van der Waals surface area contributed by atoms with Gasteiger partial charge in [-0.3, -0.25) is 0 Å². The van der Waals surface area contributed by atoms with Crippen molar-refractivity contribution in [2.75, 3.05) is 12.3 Å². The van der Waals surface area contributed by atoms with E-state index in [-0.39, 0.29) is 0 Å². The first-order chi connectivity index (χ1) is 8.31. The fourth-order valence-corrected chi connectivity index (χ4v) is 2.27. The molecule has 0 atom stereocenters. The number of rotatable bonds is 6. The number of hydrogen-bond acceptors (Lipinski definition) is 6. The van der Waals surface area contributed by atoms with E-state index in [9.17, 15) is 0 Å². The van der Waals surface area contributed by atoms with Crippen LogP contribution in [0, 0.1) is 0 Å². The summed E-state index contributed by atoms with van der Waals surface area (Å²) in [6.07, 6.45) is 4.64. The zero-order valence-electron chi connectivity index (χ0n) is 9.65. The van der Waals surface area contributed by atoms with E-state index in [2.05, 4.69) is 20.5 Å². The van der Waals surface area contributed by atoms with Crippen molar-refractivity contribution in [2.24, 2.45) is 12.8 Å². The van der Waals surface area contributed by atoms with Gasteiger partial charge in [0.15, 0.2) is 0 Å². The Bertz CT molecular complexity index is 463. The molecule has 0 aliphatic heterocycles. The number of nitrogens with zero attached hydrogens (tertiary/aromatic N) is 6. The molecule has 7 nitrogen and oxygen atoms in total. The molecule has 0 aliphatic carbocycles. The third-order valence-electron chi connectivity index (χ3n) is 2.32. The Morgan fingerprint density at radius 3 is 3.06 bits per heavy atom. The van der Waals surface area contributed by atoms with Crippen LogP contribution in [0.1, 0.15) is 5.82 Å². The summed E-state index contributed by atoms with van der Waals surface area (Å²) in [5.74, 6) is 1.96. The number of aryl methyl sites for hydroxylation is 2. The number of thioether (sulfide) groups is 1. The molecule has 2 aromatic heterocycles. The number of nitrogens with two attached hydrogens (primary N) is 1. The molecule has 0 radical (unpaired) electrons. The summed E-state index contributed by atoms with van der Waals surface area (Å²) in [5.41, 5.74) is 5.48. The van der Waals surface area contributed by atoms with Gasteiger partial charge in [-0.15, -0.1) is 5.10 Å². The minimum Gasteiger partial charge on any atom is -0.338 e. The maximum atomic E-state index is 5.48. The Balaban J connectivity index is 1.86. The van der Waals surface area contributed by atoms with Crippen molar-refractivity contribution in [3.8, 4) is 0 Å². The highest BCUT2D eigenvalue weighted by Crippen LogP contribution is 2.14. The highest BCUT2D eigenvalue weighted by molar-refractivity contribution is 7.99. The first kappa shape index (κ1) is 12.1. The Kier molecular flexibility index (Phi) is 4.10. The molecule has 0 unspecified atom stereocenters. The highest BCUT2D eigenvalue weighted by Gasteiger charge is 2.06. The minimum atomic E-state index is 0.540. The average Bonchev–Trinajstić information content (AvgIpc) is 2.90. The van der Waals surface area contributed by atoms with E-state index in [0.29, 0.717) is 13.1 Å². The van der Waals surface area contributed by atoms with E-state index >= 15 is 0 Å². The normalized spacial score (nSPS) is 10.9. The van der Waals surface area contributed by atoms with Crippen LogP contribution in [0.3, 0.4) is 0 Å². The van der Waals surface area contributed by atoms with Gasteiger partial charge in [0.1, 0.15) is 5.82 Å². The van der Waals surface area contributed by atoms with Gasteiger partial charge in [0, 0.05) is 38.2 Å². The molecule has 0 saturated heterocycles. The third-order valence-corrected chi connectivity index (χ3v) is 3.28. The van der Waals surface area contributed by atoms with Crippen LogP contribution >= 0.6 is 11.8 Å². The van der Waals surface area contributed by atoms with Gasteiger partial charge in [-0.05, 0) is 10.4 Å². The number of hydrogen-bond donors (Lipinski definition) is 1. The van der Waals surface area contributed by atoms with Gasteiger partial charge in [0.2, 0.25) is 5.16 Å². The molecule has 0 saturated carbocycles. The van der Waals surface area contributed by atoms with Crippen LogP contribution in [0.2, 0.25) is 0 Å². The van der Waals surface area contributed by atoms with Gasteiger partial charge in [-0.1, -0.05) is 11.8 Å². The molecule has 2 rings (SSSR count). The van der Waals surface area contributed by atoms with Crippen LogP contribution in [0.25, 0.3) is 0 Å². The lowest BCUT2D eigenvalue weighted by molar-refractivity contribution is 0.557. The SMILES string of the molecule is Cn1ccnc1CCSc1nnnn1CCN. The van der Waals surface area contributed by atoms with Gasteiger partial charge in [0.05, 0.1) is 6.54 Å². The van der Waals surface area contributed by atoms with Gasteiger partial charge >= 0.3 is 0 Å². The lowest BCUT2D eigenvalue weighted by atomic mass is 10.4. The monoisotopic (exact) mass is 253 g/mol. The van der Waals surface area contributed by atoms with E-state index in [0.717, 1.165) is 23.2 Å². The minimum absolute atomic E-state index is 0.540. The predicted octanol–water partition coefficient (Wildman–Crippen LogP) is -0.300. The zero-order valence-corrected chi connectivity index (χ0v) is 10.5. The zero-order chi connectivity index (χ0) is 12.1. The van der Waals surface area contributed by atoms with E-state index in [1.165, 1.54) is 0 Å².